The summed E-state index contributed by atoms with van der Waals surface area (Å²) in [6.45, 7) is 5.50. The number of hydrogen-bond acceptors (Lipinski definition) is 3. The fourth-order valence-electron chi connectivity index (χ4n) is 3.55. The summed E-state index contributed by atoms with van der Waals surface area (Å²) in [5.74, 6) is 0.265. The van der Waals surface area contributed by atoms with Crippen molar-refractivity contribution in [2.24, 2.45) is 0 Å². The van der Waals surface area contributed by atoms with Crippen LogP contribution in [-0.2, 0) is 0 Å². The maximum atomic E-state index is 9.71. The van der Waals surface area contributed by atoms with Crippen LogP contribution in [0.25, 0.3) is 0 Å². The molecule has 1 atom stereocenters. The van der Waals surface area contributed by atoms with E-state index in [1.165, 1.54) is 95.6 Å². The van der Waals surface area contributed by atoms with Gasteiger partial charge in [0.15, 0.2) is 0 Å². The summed E-state index contributed by atoms with van der Waals surface area (Å²) in [7, 11) is 0. The van der Waals surface area contributed by atoms with Gasteiger partial charge in [-0.2, -0.15) is 0 Å². The molecule has 1 unspecified atom stereocenters. The van der Waals surface area contributed by atoms with Crippen LogP contribution in [0.2, 0.25) is 0 Å². The van der Waals surface area contributed by atoms with Crippen LogP contribution in [0.3, 0.4) is 0 Å². The highest BCUT2D eigenvalue weighted by Gasteiger charge is 1.99. The third-order valence-corrected chi connectivity index (χ3v) is 5.75. The highest BCUT2D eigenvalue weighted by atomic mass is 16.3. The first kappa shape index (κ1) is 31.0. The molecule has 0 heterocycles. The van der Waals surface area contributed by atoms with Gasteiger partial charge in [-0.1, -0.05) is 121 Å². The summed E-state index contributed by atoms with van der Waals surface area (Å²) < 4.78 is 0. The minimum absolute atomic E-state index is 0.0795. The molecule has 0 amide bonds. The van der Waals surface area contributed by atoms with Gasteiger partial charge >= 0.3 is 0 Å². The number of aliphatic hydroxyl groups is 3. The molecule has 0 aliphatic heterocycles. The van der Waals surface area contributed by atoms with Gasteiger partial charge in [0.25, 0.3) is 0 Å². The highest BCUT2D eigenvalue weighted by Crippen LogP contribution is 2.14. The van der Waals surface area contributed by atoms with Gasteiger partial charge < -0.3 is 15.3 Å². The second-order valence-corrected chi connectivity index (χ2v) is 8.79. The third kappa shape index (κ3) is 24.5. The van der Waals surface area contributed by atoms with Gasteiger partial charge in [0, 0.05) is 0 Å². The van der Waals surface area contributed by atoms with Crippen LogP contribution < -0.4 is 0 Å². The monoisotopic (exact) mass is 458 g/mol. The Labute approximate surface area is 204 Å². The fraction of sp³-hybridized carbons (Fsp3) is 0.600. The first-order valence-corrected chi connectivity index (χ1v) is 13.2. The third-order valence-electron chi connectivity index (χ3n) is 5.75. The number of rotatable bonds is 22. The van der Waals surface area contributed by atoms with E-state index in [2.05, 4.69) is 19.6 Å². The van der Waals surface area contributed by atoms with Gasteiger partial charge in [-0.3, -0.25) is 0 Å². The number of aliphatic hydroxyl groups excluding tert-OH is 3. The lowest BCUT2D eigenvalue weighted by Crippen LogP contribution is -2.03. The number of hydrogen-bond donors (Lipinski definition) is 3. The van der Waals surface area contributed by atoms with Crippen LogP contribution >= 0.6 is 0 Å². The second kappa shape index (κ2) is 24.6. The standard InChI is InChI=1S/C30H50O3/c1-3-28(31)24-20-18-16-14-12-10-8-6-5-7-9-11-13-15-17-19-21-26-30(33)27-23-22-25-29(32)4-2/h4,17,19,21-23,25-28,31-33H,2-3,5-16,18,20,24H2,1H3. The Morgan fingerprint density at radius 2 is 1.15 bits per heavy atom. The summed E-state index contributed by atoms with van der Waals surface area (Å²) >= 11 is 0. The molecule has 0 aliphatic rings. The topological polar surface area (TPSA) is 60.7 Å². The van der Waals surface area contributed by atoms with Crippen molar-refractivity contribution in [2.45, 2.75) is 116 Å². The molecule has 0 saturated heterocycles. The molecule has 0 fully saturated rings. The van der Waals surface area contributed by atoms with Crippen molar-refractivity contribution in [3.8, 4) is 0 Å². The van der Waals surface area contributed by atoms with Crippen LogP contribution in [0, 0.1) is 0 Å². The SMILES string of the molecule is C=CC(O)=CC=CC=C(O)C=CC=CCCCCCCCCCCCCCCCC(O)CC. The van der Waals surface area contributed by atoms with Gasteiger partial charge in [-0.05, 0) is 50.0 Å². The van der Waals surface area contributed by atoms with E-state index in [1.54, 1.807) is 24.3 Å². The van der Waals surface area contributed by atoms with Crippen LogP contribution in [0.4, 0.5) is 0 Å². The molecule has 3 nitrogen and oxygen atoms in total. The normalized spacial score (nSPS) is 14.1. The van der Waals surface area contributed by atoms with Crippen molar-refractivity contribution in [1.82, 2.24) is 0 Å². The molecule has 3 N–H and O–H groups in total. The molecular formula is C30H50O3. The van der Waals surface area contributed by atoms with Crippen LogP contribution in [0.5, 0.6) is 0 Å². The number of unbranched alkanes of at least 4 members (excludes halogenated alkanes) is 13. The molecule has 3 heteroatoms. The van der Waals surface area contributed by atoms with E-state index in [0.29, 0.717) is 0 Å². The summed E-state index contributed by atoms with van der Waals surface area (Å²) in [5.41, 5.74) is 0. The van der Waals surface area contributed by atoms with Crippen molar-refractivity contribution in [1.29, 1.82) is 0 Å². The molecular weight excluding hydrogens is 408 g/mol. The van der Waals surface area contributed by atoms with E-state index in [0.717, 1.165) is 19.3 Å². The molecule has 0 radical (unpaired) electrons. The smallest absolute Gasteiger partial charge is 0.115 e. The summed E-state index contributed by atoms with van der Waals surface area (Å²) in [6, 6.07) is 0. The quantitative estimate of drug-likeness (QED) is 0.0860. The van der Waals surface area contributed by atoms with Crippen LogP contribution in [-0.4, -0.2) is 21.4 Å². The zero-order chi connectivity index (χ0) is 24.4. The van der Waals surface area contributed by atoms with Gasteiger partial charge in [0.05, 0.1) is 6.10 Å². The van der Waals surface area contributed by atoms with E-state index in [1.807, 2.05) is 12.2 Å². The molecule has 0 rings (SSSR count). The van der Waals surface area contributed by atoms with Gasteiger partial charge in [-0.15, -0.1) is 0 Å². The Morgan fingerprint density at radius 3 is 1.67 bits per heavy atom. The Bertz CT molecular complexity index is 596. The van der Waals surface area contributed by atoms with E-state index in [-0.39, 0.29) is 17.6 Å². The van der Waals surface area contributed by atoms with Crippen molar-refractivity contribution >= 4 is 0 Å². The lowest BCUT2D eigenvalue weighted by atomic mass is 10.0. The second-order valence-electron chi connectivity index (χ2n) is 8.79. The summed E-state index contributed by atoms with van der Waals surface area (Å²) in [6.07, 6.45) is 35.5. The van der Waals surface area contributed by atoms with Gasteiger partial charge in [0.1, 0.15) is 11.5 Å². The molecule has 0 aromatic heterocycles. The maximum Gasteiger partial charge on any atom is 0.115 e. The van der Waals surface area contributed by atoms with Crippen LogP contribution in [0.15, 0.2) is 72.8 Å². The molecule has 33 heavy (non-hydrogen) atoms. The molecule has 188 valence electrons. The summed E-state index contributed by atoms with van der Waals surface area (Å²) in [4.78, 5) is 0. The highest BCUT2D eigenvalue weighted by molar-refractivity contribution is 5.23. The molecule has 0 saturated carbocycles. The Kier molecular flexibility index (Phi) is 23.1. The van der Waals surface area contributed by atoms with E-state index in [9.17, 15) is 15.3 Å². The zero-order valence-corrected chi connectivity index (χ0v) is 21.1. The minimum Gasteiger partial charge on any atom is -0.508 e. The van der Waals surface area contributed by atoms with Crippen molar-refractivity contribution in [3.63, 3.8) is 0 Å². The Morgan fingerprint density at radius 1 is 0.667 bits per heavy atom. The Balaban J connectivity index is 3.44. The first-order chi connectivity index (χ1) is 16.1. The van der Waals surface area contributed by atoms with Crippen molar-refractivity contribution in [3.05, 3.63) is 72.8 Å². The van der Waals surface area contributed by atoms with Gasteiger partial charge in [-0.25, -0.2) is 0 Å². The lowest BCUT2D eigenvalue weighted by molar-refractivity contribution is 0.156. The average Bonchev–Trinajstić information content (AvgIpc) is 2.82. The van der Waals surface area contributed by atoms with Crippen molar-refractivity contribution < 1.29 is 15.3 Å². The number of allylic oxidation sites excluding steroid dienone is 9. The fourth-order valence-corrected chi connectivity index (χ4v) is 3.55. The predicted octanol–water partition coefficient (Wildman–Crippen LogP) is 9.35. The zero-order valence-electron chi connectivity index (χ0n) is 21.1. The molecule has 0 aromatic carbocycles. The molecule has 0 aliphatic carbocycles. The molecule has 0 aromatic rings. The largest absolute Gasteiger partial charge is 0.508 e. The first-order valence-electron chi connectivity index (χ1n) is 13.2. The summed E-state index contributed by atoms with van der Waals surface area (Å²) in [5, 5.41) is 28.4. The Hall–Kier alpha value is -2.00. The molecule has 0 bridgehead atoms. The van der Waals surface area contributed by atoms with Crippen LogP contribution in [0.1, 0.15) is 110 Å². The minimum atomic E-state index is -0.0795. The van der Waals surface area contributed by atoms with Crippen molar-refractivity contribution in [2.75, 3.05) is 0 Å². The average molecular weight is 459 g/mol. The predicted molar refractivity (Wildman–Crippen MR) is 145 cm³/mol. The lowest BCUT2D eigenvalue weighted by Gasteiger charge is -2.06. The van der Waals surface area contributed by atoms with E-state index in [4.69, 9.17) is 0 Å². The van der Waals surface area contributed by atoms with E-state index >= 15 is 0 Å². The maximum absolute atomic E-state index is 9.71. The van der Waals surface area contributed by atoms with E-state index < -0.39 is 0 Å². The molecule has 0 spiro atoms. The van der Waals surface area contributed by atoms with Gasteiger partial charge in [0.2, 0.25) is 0 Å².